The third-order valence-electron chi connectivity index (χ3n) is 3.69. The molecule has 0 aliphatic carbocycles. The highest BCUT2D eigenvalue weighted by molar-refractivity contribution is 5.71. The van der Waals surface area contributed by atoms with E-state index in [-0.39, 0.29) is 0 Å². The zero-order valence-electron chi connectivity index (χ0n) is 11.8. The first kappa shape index (κ1) is 12.8. The molecule has 20 heavy (non-hydrogen) atoms. The van der Waals surface area contributed by atoms with Crippen molar-refractivity contribution in [3.63, 3.8) is 0 Å². The molecular formula is C15H19N3O2. The van der Waals surface area contributed by atoms with Crippen LogP contribution >= 0.6 is 0 Å². The minimum absolute atomic E-state index is 0.731. The molecule has 3 rings (SSSR count). The lowest BCUT2D eigenvalue weighted by Crippen LogP contribution is -1.99. The molecule has 0 amide bonds. The molecule has 0 saturated carbocycles. The van der Waals surface area contributed by atoms with Crippen LogP contribution in [0, 0.1) is 0 Å². The number of hydrogen-bond acceptors (Lipinski definition) is 4. The van der Waals surface area contributed by atoms with E-state index < -0.39 is 0 Å². The SMILES string of the molecule is COc1ccc(-c2[nH]nc3c2CCCCN3)cc1OC. The van der Waals surface area contributed by atoms with Crippen LogP contribution < -0.4 is 14.8 Å². The fraction of sp³-hybridized carbons (Fsp3) is 0.400. The first-order valence-electron chi connectivity index (χ1n) is 6.87. The number of hydrogen-bond donors (Lipinski definition) is 2. The number of nitrogens with one attached hydrogen (secondary N) is 2. The van der Waals surface area contributed by atoms with Crippen LogP contribution in [-0.4, -0.2) is 31.0 Å². The molecule has 2 N–H and O–H groups in total. The van der Waals surface area contributed by atoms with Crippen molar-refractivity contribution in [2.75, 3.05) is 26.1 Å². The molecule has 2 aromatic rings. The number of methoxy groups -OCH3 is 2. The summed E-state index contributed by atoms with van der Waals surface area (Å²) in [5, 5.41) is 10.9. The Hall–Kier alpha value is -2.17. The Morgan fingerprint density at radius 3 is 2.75 bits per heavy atom. The number of nitrogens with zero attached hydrogens (tertiary/aromatic N) is 1. The Labute approximate surface area is 118 Å². The highest BCUT2D eigenvalue weighted by Gasteiger charge is 2.17. The van der Waals surface area contributed by atoms with Gasteiger partial charge in [-0.2, -0.15) is 5.10 Å². The number of anilines is 1. The molecule has 1 aromatic carbocycles. The van der Waals surface area contributed by atoms with Crippen molar-refractivity contribution in [3.05, 3.63) is 23.8 Å². The first-order chi connectivity index (χ1) is 9.83. The number of benzene rings is 1. The van der Waals surface area contributed by atoms with Crippen LogP contribution in [-0.2, 0) is 6.42 Å². The zero-order valence-corrected chi connectivity index (χ0v) is 11.8. The number of rotatable bonds is 3. The van der Waals surface area contributed by atoms with Crippen molar-refractivity contribution in [1.82, 2.24) is 10.2 Å². The van der Waals surface area contributed by atoms with Crippen LogP contribution in [0.5, 0.6) is 11.5 Å². The Morgan fingerprint density at radius 2 is 1.95 bits per heavy atom. The average Bonchev–Trinajstić information content (AvgIpc) is 2.75. The van der Waals surface area contributed by atoms with E-state index in [9.17, 15) is 0 Å². The summed E-state index contributed by atoms with van der Waals surface area (Å²) >= 11 is 0. The summed E-state index contributed by atoms with van der Waals surface area (Å²) in [6, 6.07) is 5.93. The van der Waals surface area contributed by atoms with E-state index in [4.69, 9.17) is 9.47 Å². The fourth-order valence-corrected chi connectivity index (χ4v) is 2.62. The normalized spacial score (nSPS) is 14.1. The van der Waals surface area contributed by atoms with Gasteiger partial charge in [0.15, 0.2) is 17.3 Å². The van der Waals surface area contributed by atoms with E-state index in [0.717, 1.165) is 41.5 Å². The number of aromatic amines is 1. The molecule has 0 saturated heterocycles. The van der Waals surface area contributed by atoms with Crippen molar-refractivity contribution in [1.29, 1.82) is 0 Å². The van der Waals surface area contributed by atoms with E-state index in [1.165, 1.54) is 18.4 Å². The number of H-pyrrole nitrogens is 1. The van der Waals surface area contributed by atoms with Crippen molar-refractivity contribution in [2.24, 2.45) is 0 Å². The second-order valence-corrected chi connectivity index (χ2v) is 4.88. The molecule has 1 aliphatic heterocycles. The Morgan fingerprint density at radius 1 is 1.10 bits per heavy atom. The smallest absolute Gasteiger partial charge is 0.161 e. The predicted molar refractivity (Wildman–Crippen MR) is 78.6 cm³/mol. The van der Waals surface area contributed by atoms with Crippen LogP contribution in [0.4, 0.5) is 5.82 Å². The third kappa shape index (κ3) is 2.19. The molecule has 5 nitrogen and oxygen atoms in total. The minimum Gasteiger partial charge on any atom is -0.493 e. The first-order valence-corrected chi connectivity index (χ1v) is 6.87. The predicted octanol–water partition coefficient (Wildman–Crippen LogP) is 2.84. The highest BCUT2D eigenvalue weighted by atomic mass is 16.5. The lowest BCUT2D eigenvalue weighted by Gasteiger charge is -2.09. The van der Waals surface area contributed by atoms with Crippen molar-refractivity contribution in [2.45, 2.75) is 19.3 Å². The molecule has 106 valence electrons. The molecule has 0 atom stereocenters. The third-order valence-corrected chi connectivity index (χ3v) is 3.69. The number of fused-ring (bicyclic) bond motifs is 1. The van der Waals surface area contributed by atoms with Gasteiger partial charge in [0.25, 0.3) is 0 Å². The maximum Gasteiger partial charge on any atom is 0.161 e. The van der Waals surface area contributed by atoms with Crippen LogP contribution in [0.2, 0.25) is 0 Å². The Kier molecular flexibility index (Phi) is 3.50. The van der Waals surface area contributed by atoms with Gasteiger partial charge in [0, 0.05) is 17.7 Å². The summed E-state index contributed by atoms with van der Waals surface area (Å²) < 4.78 is 10.6. The molecule has 1 aromatic heterocycles. The molecule has 0 bridgehead atoms. The van der Waals surface area contributed by atoms with Crippen LogP contribution in [0.25, 0.3) is 11.3 Å². The molecule has 0 fully saturated rings. The van der Waals surface area contributed by atoms with Gasteiger partial charge in [0.1, 0.15) is 0 Å². The number of aromatic nitrogens is 2. The van der Waals surface area contributed by atoms with Gasteiger partial charge in [-0.25, -0.2) is 0 Å². The Bertz CT molecular complexity index is 607. The summed E-state index contributed by atoms with van der Waals surface area (Å²) in [6.45, 7) is 0.989. The van der Waals surface area contributed by atoms with Gasteiger partial charge in [0.05, 0.1) is 19.9 Å². The summed E-state index contributed by atoms with van der Waals surface area (Å²) in [4.78, 5) is 0. The second-order valence-electron chi connectivity index (χ2n) is 4.88. The average molecular weight is 273 g/mol. The highest BCUT2D eigenvalue weighted by Crippen LogP contribution is 2.35. The van der Waals surface area contributed by atoms with E-state index in [0.29, 0.717) is 0 Å². The lowest BCUT2D eigenvalue weighted by molar-refractivity contribution is 0.355. The molecule has 1 aliphatic rings. The van der Waals surface area contributed by atoms with E-state index in [2.05, 4.69) is 15.5 Å². The molecule has 0 radical (unpaired) electrons. The van der Waals surface area contributed by atoms with E-state index in [1.807, 2.05) is 18.2 Å². The largest absolute Gasteiger partial charge is 0.493 e. The van der Waals surface area contributed by atoms with Crippen molar-refractivity contribution < 1.29 is 9.47 Å². The van der Waals surface area contributed by atoms with Crippen molar-refractivity contribution >= 4 is 5.82 Å². The van der Waals surface area contributed by atoms with Gasteiger partial charge in [-0.3, -0.25) is 5.10 Å². The number of ether oxygens (including phenoxy) is 2. The van der Waals surface area contributed by atoms with Gasteiger partial charge in [0.2, 0.25) is 0 Å². The van der Waals surface area contributed by atoms with E-state index >= 15 is 0 Å². The molecule has 2 heterocycles. The summed E-state index contributed by atoms with van der Waals surface area (Å²) in [5.41, 5.74) is 3.39. The summed E-state index contributed by atoms with van der Waals surface area (Å²) in [7, 11) is 3.29. The van der Waals surface area contributed by atoms with Crippen LogP contribution in [0.1, 0.15) is 18.4 Å². The molecular weight excluding hydrogens is 254 g/mol. The van der Waals surface area contributed by atoms with Gasteiger partial charge in [-0.05, 0) is 37.5 Å². The fourth-order valence-electron chi connectivity index (χ4n) is 2.62. The second kappa shape index (κ2) is 5.45. The molecule has 5 heteroatoms. The zero-order chi connectivity index (χ0) is 13.9. The van der Waals surface area contributed by atoms with Crippen molar-refractivity contribution in [3.8, 4) is 22.8 Å². The summed E-state index contributed by atoms with van der Waals surface area (Å²) in [6.07, 6.45) is 3.41. The van der Waals surface area contributed by atoms with Crippen LogP contribution in [0.3, 0.4) is 0 Å². The van der Waals surface area contributed by atoms with Gasteiger partial charge in [-0.15, -0.1) is 0 Å². The van der Waals surface area contributed by atoms with E-state index in [1.54, 1.807) is 14.2 Å². The van der Waals surface area contributed by atoms with Gasteiger partial charge >= 0.3 is 0 Å². The van der Waals surface area contributed by atoms with Gasteiger partial charge in [-0.1, -0.05) is 0 Å². The van der Waals surface area contributed by atoms with Crippen LogP contribution in [0.15, 0.2) is 18.2 Å². The quantitative estimate of drug-likeness (QED) is 0.902. The summed E-state index contributed by atoms with van der Waals surface area (Å²) in [5.74, 6) is 2.45. The minimum atomic E-state index is 0.731. The maximum atomic E-state index is 5.37. The lowest BCUT2D eigenvalue weighted by atomic mass is 10.0. The Balaban J connectivity index is 2.03. The molecule has 0 unspecified atom stereocenters. The van der Waals surface area contributed by atoms with Gasteiger partial charge < -0.3 is 14.8 Å². The molecule has 0 spiro atoms. The monoisotopic (exact) mass is 273 g/mol. The topological polar surface area (TPSA) is 59.2 Å². The maximum absolute atomic E-state index is 5.37. The standard InChI is InChI=1S/C15H19N3O2/c1-19-12-7-6-10(9-13(12)20-2)14-11-5-3-4-8-16-15(11)18-17-14/h6-7,9H,3-5,8H2,1-2H3,(H2,16,17,18).